The van der Waals surface area contributed by atoms with E-state index in [2.05, 4.69) is 27.0 Å². The number of para-hydroxylation sites is 1. The Morgan fingerprint density at radius 1 is 1.29 bits per heavy atom. The highest BCUT2D eigenvalue weighted by atomic mass is 35.5. The molecule has 0 bridgehead atoms. The molecule has 0 saturated heterocycles. The van der Waals surface area contributed by atoms with E-state index in [9.17, 15) is 4.79 Å². The first-order chi connectivity index (χ1) is 13.6. The van der Waals surface area contributed by atoms with Gasteiger partial charge in [-0.05, 0) is 35.7 Å². The predicted octanol–water partition coefficient (Wildman–Crippen LogP) is 3.18. The minimum absolute atomic E-state index is 0.0441. The molecule has 1 atom stereocenters. The van der Waals surface area contributed by atoms with Gasteiger partial charge in [0.1, 0.15) is 5.75 Å². The number of ether oxygens (including phenoxy) is 1. The number of nitrogens with one attached hydrogen (secondary N) is 3. The Morgan fingerprint density at radius 2 is 2.11 bits per heavy atom. The first-order valence-corrected chi connectivity index (χ1v) is 9.64. The van der Waals surface area contributed by atoms with Crippen LogP contribution in [0, 0.1) is 0 Å². The largest absolute Gasteiger partial charge is 0.497 e. The lowest BCUT2D eigenvalue weighted by Gasteiger charge is -2.26. The molecule has 148 valence electrons. The van der Waals surface area contributed by atoms with Crippen molar-refractivity contribution in [1.82, 2.24) is 10.6 Å². The summed E-state index contributed by atoms with van der Waals surface area (Å²) in [6, 6.07) is 13.6. The van der Waals surface area contributed by atoms with Crippen molar-refractivity contribution in [2.75, 3.05) is 32.6 Å². The number of methoxy groups -OCH3 is 1. The summed E-state index contributed by atoms with van der Waals surface area (Å²) < 4.78 is 5.17. The molecule has 7 heteroatoms. The van der Waals surface area contributed by atoms with Gasteiger partial charge < -0.3 is 20.7 Å². The van der Waals surface area contributed by atoms with Crippen LogP contribution in [0.25, 0.3) is 0 Å². The molecular weight excluding hydrogens is 376 g/mol. The molecule has 0 spiro atoms. The molecule has 1 heterocycles. The first kappa shape index (κ1) is 20.0. The van der Waals surface area contributed by atoms with Crippen LogP contribution in [-0.2, 0) is 11.2 Å². The average molecular weight is 401 g/mol. The van der Waals surface area contributed by atoms with E-state index in [-0.39, 0.29) is 11.8 Å². The molecule has 1 amide bonds. The van der Waals surface area contributed by atoms with Gasteiger partial charge in [0.15, 0.2) is 5.96 Å². The minimum atomic E-state index is 0.0441. The summed E-state index contributed by atoms with van der Waals surface area (Å²) in [5.74, 6) is 1.60. The molecule has 3 N–H and O–H groups in total. The lowest BCUT2D eigenvalue weighted by molar-refractivity contribution is -0.116. The molecule has 0 saturated carbocycles. The third-order valence-corrected chi connectivity index (χ3v) is 5.14. The molecule has 0 aliphatic carbocycles. The summed E-state index contributed by atoms with van der Waals surface area (Å²) in [6.07, 6.45) is 1.22. The number of carbonyl (C=O) groups is 1. The SMILES string of the molecule is CN=C(NCCc1ccc(OC)cc1Cl)NCC1CC(=O)Nc2ccccc21. The molecule has 2 aromatic carbocycles. The second kappa shape index (κ2) is 9.46. The van der Waals surface area contributed by atoms with Crippen LogP contribution in [0.1, 0.15) is 23.5 Å². The number of benzene rings is 2. The minimum Gasteiger partial charge on any atom is -0.497 e. The standard InChI is InChI=1S/C21H25ClN4O2/c1-23-21(24-10-9-14-7-8-16(28-2)12-18(14)22)25-13-15-11-20(27)26-19-6-4-3-5-17(15)19/h3-8,12,15H,9-11,13H2,1-2H3,(H,26,27)(H2,23,24,25). The molecule has 0 fully saturated rings. The van der Waals surface area contributed by atoms with E-state index in [1.54, 1.807) is 14.2 Å². The van der Waals surface area contributed by atoms with Crippen LogP contribution >= 0.6 is 11.6 Å². The van der Waals surface area contributed by atoms with Crippen LogP contribution in [0.5, 0.6) is 5.75 Å². The zero-order valence-electron chi connectivity index (χ0n) is 16.1. The number of fused-ring (bicyclic) bond motifs is 1. The van der Waals surface area contributed by atoms with Gasteiger partial charge in [-0.1, -0.05) is 35.9 Å². The zero-order chi connectivity index (χ0) is 19.9. The Kier molecular flexibility index (Phi) is 6.76. The van der Waals surface area contributed by atoms with Crippen LogP contribution in [0.4, 0.5) is 5.69 Å². The van der Waals surface area contributed by atoms with Crippen LogP contribution in [0.3, 0.4) is 0 Å². The summed E-state index contributed by atoms with van der Waals surface area (Å²) >= 11 is 6.29. The van der Waals surface area contributed by atoms with Crippen LogP contribution in [0.15, 0.2) is 47.5 Å². The van der Waals surface area contributed by atoms with Gasteiger partial charge in [0.2, 0.25) is 5.91 Å². The van der Waals surface area contributed by atoms with Gasteiger partial charge in [0.05, 0.1) is 7.11 Å². The Bertz CT molecular complexity index is 869. The number of hydrogen-bond acceptors (Lipinski definition) is 3. The third-order valence-electron chi connectivity index (χ3n) is 4.79. The number of aliphatic imine (C=N–C) groups is 1. The molecule has 6 nitrogen and oxygen atoms in total. The monoisotopic (exact) mass is 400 g/mol. The van der Waals surface area contributed by atoms with Crippen molar-refractivity contribution in [3.05, 3.63) is 58.6 Å². The highest BCUT2D eigenvalue weighted by Gasteiger charge is 2.24. The van der Waals surface area contributed by atoms with Crippen molar-refractivity contribution in [1.29, 1.82) is 0 Å². The van der Waals surface area contributed by atoms with Gasteiger partial charge in [-0.25, -0.2) is 0 Å². The van der Waals surface area contributed by atoms with Crippen LogP contribution in [-0.4, -0.2) is 39.1 Å². The van der Waals surface area contributed by atoms with Crippen molar-refractivity contribution < 1.29 is 9.53 Å². The number of rotatable bonds is 6. The maximum atomic E-state index is 12.0. The second-order valence-corrected chi connectivity index (χ2v) is 7.03. The predicted molar refractivity (Wildman–Crippen MR) is 114 cm³/mol. The topological polar surface area (TPSA) is 74.8 Å². The van der Waals surface area contributed by atoms with Gasteiger partial charge in [0, 0.05) is 43.2 Å². The summed E-state index contributed by atoms with van der Waals surface area (Å²) in [7, 11) is 3.36. The number of hydrogen-bond donors (Lipinski definition) is 3. The Balaban J connectivity index is 1.52. The lowest BCUT2D eigenvalue weighted by Crippen LogP contribution is -2.41. The summed E-state index contributed by atoms with van der Waals surface area (Å²) in [6.45, 7) is 1.32. The van der Waals surface area contributed by atoms with E-state index in [1.807, 2.05) is 36.4 Å². The number of guanidine groups is 1. The number of carbonyl (C=O) groups excluding carboxylic acids is 1. The number of anilines is 1. The maximum Gasteiger partial charge on any atom is 0.225 e. The smallest absolute Gasteiger partial charge is 0.225 e. The third kappa shape index (κ3) is 4.95. The molecule has 0 radical (unpaired) electrons. The van der Waals surface area contributed by atoms with Gasteiger partial charge in [-0.2, -0.15) is 0 Å². The van der Waals surface area contributed by atoms with Gasteiger partial charge in [-0.3, -0.25) is 9.79 Å². The fourth-order valence-corrected chi connectivity index (χ4v) is 3.56. The van der Waals surface area contributed by atoms with Gasteiger partial charge >= 0.3 is 0 Å². The fourth-order valence-electron chi connectivity index (χ4n) is 3.30. The molecule has 28 heavy (non-hydrogen) atoms. The molecule has 1 aliphatic heterocycles. The number of halogens is 1. The van der Waals surface area contributed by atoms with E-state index in [1.165, 1.54) is 0 Å². The van der Waals surface area contributed by atoms with Crippen molar-refractivity contribution in [2.45, 2.75) is 18.8 Å². The van der Waals surface area contributed by atoms with Crippen LogP contribution in [0.2, 0.25) is 5.02 Å². The normalized spacial score (nSPS) is 16.2. The van der Waals surface area contributed by atoms with E-state index in [4.69, 9.17) is 16.3 Å². The fraction of sp³-hybridized carbons (Fsp3) is 0.333. The Morgan fingerprint density at radius 3 is 2.86 bits per heavy atom. The second-order valence-electron chi connectivity index (χ2n) is 6.62. The summed E-state index contributed by atoms with van der Waals surface area (Å²) in [5.41, 5.74) is 3.08. The van der Waals surface area contributed by atoms with E-state index >= 15 is 0 Å². The van der Waals surface area contributed by atoms with E-state index < -0.39 is 0 Å². The molecular formula is C21H25ClN4O2. The Labute approximate surface area is 170 Å². The average Bonchev–Trinajstić information content (AvgIpc) is 2.71. The maximum absolute atomic E-state index is 12.0. The van der Waals surface area contributed by atoms with Crippen molar-refractivity contribution in [3.63, 3.8) is 0 Å². The van der Waals surface area contributed by atoms with Crippen molar-refractivity contribution in [3.8, 4) is 5.75 Å². The lowest BCUT2D eigenvalue weighted by atomic mass is 9.90. The van der Waals surface area contributed by atoms with Gasteiger partial charge in [0.25, 0.3) is 0 Å². The van der Waals surface area contributed by atoms with Crippen molar-refractivity contribution in [2.24, 2.45) is 4.99 Å². The summed E-state index contributed by atoms with van der Waals surface area (Å²) in [4.78, 5) is 16.2. The quantitative estimate of drug-likeness (QED) is 0.514. The number of nitrogens with zero attached hydrogens (tertiary/aromatic N) is 1. The molecule has 2 aromatic rings. The van der Waals surface area contributed by atoms with Crippen molar-refractivity contribution >= 4 is 29.2 Å². The zero-order valence-corrected chi connectivity index (χ0v) is 16.8. The molecule has 0 aromatic heterocycles. The van der Waals surface area contributed by atoms with E-state index in [0.29, 0.717) is 30.5 Å². The van der Waals surface area contributed by atoms with Gasteiger partial charge in [-0.15, -0.1) is 0 Å². The molecule has 3 rings (SSSR count). The Hall–Kier alpha value is -2.73. The highest BCUT2D eigenvalue weighted by Crippen LogP contribution is 2.31. The van der Waals surface area contributed by atoms with E-state index in [0.717, 1.165) is 29.0 Å². The summed E-state index contributed by atoms with van der Waals surface area (Å²) in [5, 5.41) is 10.2. The first-order valence-electron chi connectivity index (χ1n) is 9.26. The molecule has 1 aliphatic rings. The highest BCUT2D eigenvalue weighted by molar-refractivity contribution is 6.31. The van der Waals surface area contributed by atoms with Crippen LogP contribution < -0.4 is 20.7 Å². The number of amides is 1. The molecule has 1 unspecified atom stereocenters.